The van der Waals surface area contributed by atoms with Gasteiger partial charge in [0.1, 0.15) is 0 Å². The number of hydrogen-bond donors (Lipinski definition) is 1. The second-order valence-electron chi connectivity index (χ2n) is 4.63. The number of pyridine rings is 1. The smallest absolute Gasteiger partial charge is 0.283 e. The van der Waals surface area contributed by atoms with Crippen LogP contribution in [-0.2, 0) is 6.42 Å². The van der Waals surface area contributed by atoms with Crippen molar-refractivity contribution in [1.29, 1.82) is 0 Å². The molecule has 1 saturated carbocycles. The van der Waals surface area contributed by atoms with Gasteiger partial charge in [-0.15, -0.1) is 0 Å². The van der Waals surface area contributed by atoms with Gasteiger partial charge in [-0.2, -0.15) is 4.73 Å². The topological polar surface area (TPSA) is 42.2 Å². The predicted octanol–water partition coefficient (Wildman–Crippen LogP) is 2.70. The number of rotatable bonds is 2. The molecule has 0 atom stereocenters. The van der Waals surface area contributed by atoms with Crippen LogP contribution in [0.5, 0.6) is 0 Å². The van der Waals surface area contributed by atoms with Crippen molar-refractivity contribution in [3.63, 3.8) is 0 Å². The molecule has 0 spiro atoms. The van der Waals surface area contributed by atoms with Gasteiger partial charge in [0.25, 0.3) is 5.56 Å². The van der Waals surface area contributed by atoms with Gasteiger partial charge in [0.05, 0.1) is 5.69 Å². The Morgan fingerprint density at radius 2 is 2.00 bits per heavy atom. The van der Waals surface area contributed by atoms with E-state index in [-0.39, 0.29) is 5.56 Å². The summed E-state index contributed by atoms with van der Waals surface area (Å²) in [6.45, 7) is 2.03. The zero-order valence-corrected chi connectivity index (χ0v) is 9.78. The van der Waals surface area contributed by atoms with Gasteiger partial charge in [-0.25, -0.2) is 0 Å². The summed E-state index contributed by atoms with van der Waals surface area (Å²) in [7, 11) is 0. The average molecular weight is 221 g/mol. The normalized spacial score (nSPS) is 17.6. The van der Waals surface area contributed by atoms with Crippen LogP contribution in [0, 0.1) is 0 Å². The maximum atomic E-state index is 11.6. The van der Waals surface area contributed by atoms with Crippen molar-refractivity contribution in [2.24, 2.45) is 0 Å². The molecule has 1 aromatic rings. The zero-order valence-electron chi connectivity index (χ0n) is 9.78. The van der Waals surface area contributed by atoms with Crippen LogP contribution in [0.25, 0.3) is 0 Å². The van der Waals surface area contributed by atoms with E-state index in [0.29, 0.717) is 5.92 Å². The highest BCUT2D eigenvalue weighted by Gasteiger charge is 2.19. The molecule has 16 heavy (non-hydrogen) atoms. The van der Waals surface area contributed by atoms with Gasteiger partial charge < -0.3 is 5.21 Å². The van der Waals surface area contributed by atoms with E-state index in [0.717, 1.165) is 35.3 Å². The summed E-state index contributed by atoms with van der Waals surface area (Å²) in [6, 6.07) is 3.50. The Morgan fingerprint density at radius 1 is 1.31 bits per heavy atom. The van der Waals surface area contributed by atoms with Gasteiger partial charge in [-0.05, 0) is 30.9 Å². The van der Waals surface area contributed by atoms with Gasteiger partial charge >= 0.3 is 0 Å². The van der Waals surface area contributed by atoms with E-state index < -0.39 is 0 Å². The van der Waals surface area contributed by atoms with Crippen molar-refractivity contribution in [3.8, 4) is 0 Å². The third-order valence-corrected chi connectivity index (χ3v) is 3.53. The lowest BCUT2D eigenvalue weighted by atomic mass is 9.86. The molecule has 1 aliphatic carbocycles. The van der Waals surface area contributed by atoms with Crippen molar-refractivity contribution in [3.05, 3.63) is 33.7 Å². The minimum atomic E-state index is -0.292. The predicted molar refractivity (Wildman–Crippen MR) is 63.1 cm³/mol. The molecule has 0 aliphatic heterocycles. The standard InChI is InChI=1S/C13H19NO2/c1-2-10-8-12(14(16)13(15)9-10)11-6-4-3-5-7-11/h8-9,11,16H,2-7H2,1H3. The third-order valence-electron chi connectivity index (χ3n) is 3.53. The molecule has 0 aromatic carbocycles. The van der Waals surface area contributed by atoms with E-state index in [2.05, 4.69) is 0 Å². The minimum Gasteiger partial charge on any atom is -0.425 e. The third kappa shape index (κ3) is 2.13. The second-order valence-corrected chi connectivity index (χ2v) is 4.63. The van der Waals surface area contributed by atoms with E-state index in [9.17, 15) is 10.0 Å². The molecule has 1 heterocycles. The molecule has 3 heteroatoms. The summed E-state index contributed by atoms with van der Waals surface area (Å²) in [5.41, 5.74) is 1.54. The quantitative estimate of drug-likeness (QED) is 0.780. The van der Waals surface area contributed by atoms with Gasteiger partial charge in [0.2, 0.25) is 0 Å². The molecule has 0 amide bonds. The lowest BCUT2D eigenvalue weighted by Gasteiger charge is -2.23. The Balaban J connectivity index is 2.37. The SMILES string of the molecule is CCc1cc(C2CCCCC2)n(O)c(=O)c1. The summed E-state index contributed by atoms with van der Waals surface area (Å²) >= 11 is 0. The van der Waals surface area contributed by atoms with Crippen LogP contribution in [0.2, 0.25) is 0 Å². The highest BCUT2D eigenvalue weighted by atomic mass is 16.5. The summed E-state index contributed by atoms with van der Waals surface area (Å²) in [6.07, 6.45) is 6.71. The molecule has 0 bridgehead atoms. The fourth-order valence-corrected chi connectivity index (χ4v) is 2.53. The first-order chi connectivity index (χ1) is 7.72. The number of aryl methyl sites for hydroxylation is 1. The van der Waals surface area contributed by atoms with E-state index in [1.165, 1.54) is 25.3 Å². The van der Waals surface area contributed by atoms with Crippen molar-refractivity contribution in [2.45, 2.75) is 51.4 Å². The number of hydrogen-bond acceptors (Lipinski definition) is 2. The molecule has 1 aliphatic rings. The molecule has 88 valence electrons. The fraction of sp³-hybridized carbons (Fsp3) is 0.615. The Kier molecular flexibility index (Phi) is 3.32. The molecule has 1 aromatic heterocycles. The van der Waals surface area contributed by atoms with Crippen LogP contribution in [0.1, 0.15) is 56.2 Å². The highest BCUT2D eigenvalue weighted by Crippen LogP contribution is 2.31. The Hall–Kier alpha value is -1.25. The minimum absolute atomic E-state index is 0.292. The maximum absolute atomic E-state index is 11.6. The summed E-state index contributed by atoms with van der Waals surface area (Å²) < 4.78 is 0.842. The molecule has 0 saturated heterocycles. The highest BCUT2D eigenvalue weighted by molar-refractivity contribution is 5.20. The van der Waals surface area contributed by atoms with Crippen molar-refractivity contribution < 1.29 is 5.21 Å². The molecule has 1 N–H and O–H groups in total. The first kappa shape index (κ1) is 11.2. The molecular formula is C13H19NO2. The number of nitrogens with zero attached hydrogens (tertiary/aromatic N) is 1. The molecule has 3 nitrogen and oxygen atoms in total. The average Bonchev–Trinajstić information content (AvgIpc) is 2.33. The zero-order chi connectivity index (χ0) is 11.5. The van der Waals surface area contributed by atoms with Crippen molar-refractivity contribution in [1.82, 2.24) is 4.73 Å². The molecule has 2 rings (SSSR count). The Labute approximate surface area is 95.7 Å². The molecule has 1 fully saturated rings. The van der Waals surface area contributed by atoms with Gasteiger partial charge in [0.15, 0.2) is 0 Å². The van der Waals surface area contributed by atoms with Gasteiger partial charge in [-0.3, -0.25) is 4.79 Å². The lowest BCUT2D eigenvalue weighted by Crippen LogP contribution is -2.24. The second kappa shape index (κ2) is 4.73. The van der Waals surface area contributed by atoms with Crippen LogP contribution >= 0.6 is 0 Å². The Morgan fingerprint density at radius 3 is 2.62 bits per heavy atom. The summed E-state index contributed by atoms with van der Waals surface area (Å²) in [4.78, 5) is 11.6. The monoisotopic (exact) mass is 221 g/mol. The molecule has 0 unspecified atom stereocenters. The van der Waals surface area contributed by atoms with E-state index in [1.54, 1.807) is 0 Å². The first-order valence-corrected chi connectivity index (χ1v) is 6.17. The van der Waals surface area contributed by atoms with Gasteiger partial charge in [-0.1, -0.05) is 26.2 Å². The van der Waals surface area contributed by atoms with Crippen LogP contribution in [-0.4, -0.2) is 9.94 Å². The van der Waals surface area contributed by atoms with Crippen LogP contribution in [0.15, 0.2) is 16.9 Å². The summed E-state index contributed by atoms with van der Waals surface area (Å²) in [5, 5.41) is 9.77. The molecular weight excluding hydrogens is 202 g/mol. The maximum Gasteiger partial charge on any atom is 0.283 e. The van der Waals surface area contributed by atoms with Crippen LogP contribution in [0.3, 0.4) is 0 Å². The van der Waals surface area contributed by atoms with E-state index >= 15 is 0 Å². The van der Waals surface area contributed by atoms with Crippen molar-refractivity contribution in [2.75, 3.05) is 0 Å². The molecule has 0 radical (unpaired) electrons. The van der Waals surface area contributed by atoms with E-state index in [4.69, 9.17) is 0 Å². The van der Waals surface area contributed by atoms with Crippen molar-refractivity contribution >= 4 is 0 Å². The van der Waals surface area contributed by atoms with Crippen LogP contribution < -0.4 is 5.56 Å². The lowest BCUT2D eigenvalue weighted by molar-refractivity contribution is 0.156. The Bertz CT molecular complexity index is 416. The van der Waals surface area contributed by atoms with Crippen LogP contribution in [0.4, 0.5) is 0 Å². The van der Waals surface area contributed by atoms with Gasteiger partial charge in [0, 0.05) is 12.0 Å². The fourth-order valence-electron chi connectivity index (χ4n) is 2.53. The van der Waals surface area contributed by atoms with E-state index in [1.807, 2.05) is 13.0 Å². The number of aromatic nitrogens is 1. The summed E-state index contributed by atoms with van der Waals surface area (Å²) in [5.74, 6) is 0.359. The largest absolute Gasteiger partial charge is 0.425 e. The first-order valence-electron chi connectivity index (χ1n) is 6.17.